The first-order valence-electron chi connectivity index (χ1n) is 15.8. The number of nitrogens with one attached hydrogen (secondary N) is 2. The Kier molecular flexibility index (Phi) is 12.1. The minimum absolute atomic E-state index is 0.0199. The third-order valence-corrected chi connectivity index (χ3v) is 10.6. The first-order valence-corrected chi connectivity index (χ1v) is 18.1. The Balaban J connectivity index is 1.29. The van der Waals surface area contributed by atoms with Crippen molar-refractivity contribution in [2.45, 2.75) is 68.4 Å². The molecule has 3 aromatic carbocycles. The van der Waals surface area contributed by atoms with Gasteiger partial charge in [0.05, 0.1) is 4.88 Å². The predicted octanol–water partition coefficient (Wildman–Crippen LogP) is 6.19. The van der Waals surface area contributed by atoms with Gasteiger partial charge in [0, 0.05) is 29.7 Å². The van der Waals surface area contributed by atoms with Gasteiger partial charge in [0.25, 0.3) is 15.9 Å². The summed E-state index contributed by atoms with van der Waals surface area (Å²) < 4.78 is 35.2. The minimum atomic E-state index is -4.10. The minimum Gasteiger partial charge on any atom is -0.350 e. The van der Waals surface area contributed by atoms with E-state index in [1.807, 2.05) is 18.2 Å². The van der Waals surface area contributed by atoms with E-state index < -0.39 is 28.3 Å². The Morgan fingerprint density at radius 3 is 2.34 bits per heavy atom. The van der Waals surface area contributed by atoms with Crippen molar-refractivity contribution in [3.63, 3.8) is 0 Å². The van der Waals surface area contributed by atoms with Crippen LogP contribution in [0.5, 0.6) is 0 Å². The third-order valence-electron chi connectivity index (χ3n) is 7.68. The smallest absolute Gasteiger partial charge is 0.262 e. The van der Waals surface area contributed by atoms with Crippen molar-refractivity contribution >= 4 is 33.1 Å². The molecule has 0 bridgehead atoms. The zero-order chi connectivity index (χ0) is 33.1. The second kappa shape index (κ2) is 16.6. The van der Waals surface area contributed by atoms with E-state index in [0.29, 0.717) is 34.6 Å². The van der Waals surface area contributed by atoms with Crippen LogP contribution < -0.4 is 10.2 Å². The molecule has 0 spiro atoms. The van der Waals surface area contributed by atoms with Gasteiger partial charge in [-0.05, 0) is 67.5 Å². The maximum Gasteiger partial charge on any atom is 0.262 e. The zero-order valence-corrected chi connectivity index (χ0v) is 27.9. The number of rotatable bonds is 13. The number of hydrogen-bond acceptors (Lipinski definition) is 7. The van der Waals surface area contributed by atoms with Crippen molar-refractivity contribution in [3.05, 3.63) is 124 Å². The van der Waals surface area contributed by atoms with Crippen molar-refractivity contribution in [2.24, 2.45) is 0 Å². The van der Waals surface area contributed by atoms with Gasteiger partial charge in [-0.15, -0.1) is 11.3 Å². The van der Waals surface area contributed by atoms with Gasteiger partial charge in [-0.25, -0.2) is 18.7 Å². The number of hydrogen-bond donors (Lipinski definition) is 2. The van der Waals surface area contributed by atoms with Crippen LogP contribution in [0.4, 0.5) is 0 Å². The molecule has 5 rings (SSSR count). The first-order chi connectivity index (χ1) is 22.8. The number of unbranched alkanes of at least 4 members (excludes halogenated alkanes) is 1. The number of amides is 1. The number of hydroxylamine groups is 1. The Morgan fingerprint density at radius 2 is 1.64 bits per heavy atom. The molecule has 1 aliphatic heterocycles. The molecule has 0 radical (unpaired) electrons. The van der Waals surface area contributed by atoms with Crippen LogP contribution in [0.25, 0.3) is 0 Å². The molecule has 1 amide bonds. The summed E-state index contributed by atoms with van der Waals surface area (Å²) >= 11 is 1.03. The maximum absolute atomic E-state index is 13.5. The number of sulfonamides is 1. The van der Waals surface area contributed by atoms with Gasteiger partial charge in [-0.1, -0.05) is 91.9 Å². The highest BCUT2D eigenvalue weighted by Crippen LogP contribution is 2.22. The fourth-order valence-corrected chi connectivity index (χ4v) is 7.39. The standard InChI is InChI=1S/C37H38N2O6S2/c1-2-3-9-27-13-15-28(16-14-27)19-22-32-23-24-35(46-32)47(42,43)39-33(37(41)38-45-34-12-7-8-25-44-34)26-29-17-20-31(21-18-29)36(40)30-10-5-4-6-11-30/h4-6,10-11,13-18,20-21,23-24,33-34,39H,2-3,7-9,12,25-26H2,1H3,(H,38,41)/t33-,34?/m1/s1. The van der Waals surface area contributed by atoms with Crippen molar-refractivity contribution in [1.82, 2.24) is 10.2 Å². The van der Waals surface area contributed by atoms with E-state index in [0.717, 1.165) is 49.0 Å². The van der Waals surface area contributed by atoms with Crippen LogP contribution >= 0.6 is 11.3 Å². The molecule has 0 aliphatic carbocycles. The van der Waals surface area contributed by atoms with E-state index in [9.17, 15) is 18.0 Å². The Hall–Kier alpha value is -4.11. The molecule has 0 saturated carbocycles. The second-order valence-corrected chi connectivity index (χ2v) is 14.3. The van der Waals surface area contributed by atoms with E-state index in [-0.39, 0.29) is 16.4 Å². The molecule has 10 heteroatoms. The second-order valence-electron chi connectivity index (χ2n) is 11.3. The van der Waals surface area contributed by atoms with Crippen molar-refractivity contribution < 1.29 is 27.6 Å². The zero-order valence-electron chi connectivity index (χ0n) is 26.2. The van der Waals surface area contributed by atoms with E-state index in [2.05, 4.69) is 41.1 Å². The molecule has 4 aromatic rings. The highest BCUT2D eigenvalue weighted by Gasteiger charge is 2.28. The molecule has 2 heterocycles. The van der Waals surface area contributed by atoms with Crippen molar-refractivity contribution in [2.75, 3.05) is 6.61 Å². The quantitative estimate of drug-likeness (QED) is 0.0998. The van der Waals surface area contributed by atoms with Crippen LogP contribution in [0.2, 0.25) is 0 Å². The summed E-state index contributed by atoms with van der Waals surface area (Å²) in [5.41, 5.74) is 6.21. The molecular weight excluding hydrogens is 633 g/mol. The monoisotopic (exact) mass is 670 g/mol. The third kappa shape index (κ3) is 9.94. The van der Waals surface area contributed by atoms with Gasteiger partial charge >= 0.3 is 0 Å². The average molecular weight is 671 g/mol. The largest absolute Gasteiger partial charge is 0.350 e. The molecule has 1 aliphatic rings. The van der Waals surface area contributed by atoms with Gasteiger partial charge in [0.1, 0.15) is 10.3 Å². The highest BCUT2D eigenvalue weighted by molar-refractivity contribution is 7.91. The van der Waals surface area contributed by atoms with Crippen molar-refractivity contribution in [1.29, 1.82) is 0 Å². The van der Waals surface area contributed by atoms with Crippen LogP contribution in [-0.2, 0) is 37.2 Å². The summed E-state index contributed by atoms with van der Waals surface area (Å²) in [6.07, 6.45) is 5.16. The molecule has 8 nitrogen and oxygen atoms in total. The van der Waals surface area contributed by atoms with E-state index in [1.54, 1.807) is 54.6 Å². The van der Waals surface area contributed by atoms with E-state index in [4.69, 9.17) is 9.57 Å². The average Bonchev–Trinajstić information content (AvgIpc) is 3.60. The van der Waals surface area contributed by atoms with Gasteiger partial charge in [0.15, 0.2) is 12.1 Å². The van der Waals surface area contributed by atoms with Crippen molar-refractivity contribution in [3.8, 4) is 11.8 Å². The van der Waals surface area contributed by atoms with Crippen LogP contribution in [0.1, 0.15) is 76.5 Å². The number of thiophene rings is 1. The van der Waals surface area contributed by atoms with Gasteiger partial charge in [0.2, 0.25) is 0 Å². The van der Waals surface area contributed by atoms with E-state index >= 15 is 0 Å². The Bertz CT molecular complexity index is 1800. The fourth-order valence-electron chi connectivity index (χ4n) is 5.02. The predicted molar refractivity (Wildman–Crippen MR) is 182 cm³/mol. The number of ketones is 1. The molecule has 47 heavy (non-hydrogen) atoms. The SMILES string of the molecule is CCCCc1ccc(C#Cc2ccc(S(=O)(=O)N[C@H](Cc3ccc(C(=O)c4ccccc4)cc3)C(=O)NOC3CCCCO3)s2)cc1. The summed E-state index contributed by atoms with van der Waals surface area (Å²) in [7, 11) is -4.10. The van der Waals surface area contributed by atoms with Gasteiger partial charge in [-0.2, -0.15) is 4.72 Å². The highest BCUT2D eigenvalue weighted by atomic mass is 32.2. The lowest BCUT2D eigenvalue weighted by molar-refractivity contribution is -0.201. The summed E-state index contributed by atoms with van der Waals surface area (Å²) in [5.74, 6) is 5.36. The molecule has 244 valence electrons. The van der Waals surface area contributed by atoms with Crippen LogP contribution in [0.15, 0.2) is 95.2 Å². The summed E-state index contributed by atoms with van der Waals surface area (Å²) in [4.78, 5) is 32.2. The number of carbonyl (C=O) groups excluding carboxylic acids is 2. The molecular formula is C37H38N2O6S2. The number of benzene rings is 3. The lowest BCUT2D eigenvalue weighted by Crippen LogP contribution is -2.48. The fraction of sp³-hybridized carbons (Fsp3) is 0.297. The topological polar surface area (TPSA) is 111 Å². The molecule has 2 N–H and O–H groups in total. The maximum atomic E-state index is 13.5. The number of aryl methyl sites for hydroxylation is 1. The molecule has 2 atom stereocenters. The molecule has 1 unspecified atom stereocenters. The first kappa shape index (κ1) is 34.2. The van der Waals surface area contributed by atoms with Gasteiger partial charge in [-0.3, -0.25) is 9.59 Å². The van der Waals surface area contributed by atoms with E-state index in [1.165, 1.54) is 11.6 Å². The van der Waals surface area contributed by atoms with Crippen LogP contribution in [-0.4, -0.2) is 39.0 Å². The summed E-state index contributed by atoms with van der Waals surface area (Å²) in [5, 5.41) is 0. The van der Waals surface area contributed by atoms with Crippen LogP contribution in [0.3, 0.4) is 0 Å². The molecule has 1 fully saturated rings. The number of ether oxygens (including phenoxy) is 1. The lowest BCUT2D eigenvalue weighted by atomic mass is 10.00. The number of carbonyl (C=O) groups is 2. The normalized spacial score (nSPS) is 15.3. The van der Waals surface area contributed by atoms with Gasteiger partial charge < -0.3 is 4.74 Å². The molecule has 1 aromatic heterocycles. The molecule has 1 saturated heterocycles. The Morgan fingerprint density at radius 1 is 0.915 bits per heavy atom. The Labute approximate surface area is 280 Å². The van der Waals surface area contributed by atoms with Crippen LogP contribution in [0, 0.1) is 11.8 Å². The summed E-state index contributed by atoms with van der Waals surface area (Å²) in [6.45, 7) is 2.69. The lowest BCUT2D eigenvalue weighted by Gasteiger charge is -2.24. The summed E-state index contributed by atoms with van der Waals surface area (Å²) in [6, 6.07) is 25.7.